The third-order valence-corrected chi connectivity index (χ3v) is 9.13. The molecule has 0 N–H and O–H groups in total. The second-order valence-electron chi connectivity index (χ2n) is 12.3. The Morgan fingerprint density at radius 3 is 2.60 bits per heavy atom. The second-order valence-corrected chi connectivity index (χ2v) is 12.3. The van der Waals surface area contributed by atoms with Crippen LogP contribution in [0.5, 0.6) is 0 Å². The highest BCUT2D eigenvalue weighted by Crippen LogP contribution is 2.32. The summed E-state index contributed by atoms with van der Waals surface area (Å²) in [6.07, 6.45) is 11.1. The molecule has 3 heterocycles. The monoisotopic (exact) mass is 572 g/mol. The molecule has 1 fully saturated rings. The Labute approximate surface area is 249 Å². The van der Waals surface area contributed by atoms with Gasteiger partial charge in [-0.3, -0.25) is 14.3 Å². The Morgan fingerprint density at radius 2 is 1.83 bits per heavy atom. The molecule has 0 atom stereocenters. The molecule has 2 aromatic carbocycles. The lowest BCUT2D eigenvalue weighted by molar-refractivity contribution is -0.120. The molecular weight excluding hydrogens is 527 g/mol. The molecule has 5 rings (SSSR count). The number of hydrogen-bond acceptors (Lipinski definition) is 4. The molecule has 0 unspecified atom stereocenters. The van der Waals surface area contributed by atoms with Gasteiger partial charge in [-0.05, 0) is 87.5 Å². The highest BCUT2D eigenvalue weighted by Gasteiger charge is 2.28. The Bertz CT molecular complexity index is 1410. The Morgan fingerprint density at radius 1 is 1.02 bits per heavy atom. The van der Waals surface area contributed by atoms with Gasteiger partial charge in [0.05, 0.1) is 12.7 Å². The predicted octanol–water partition coefficient (Wildman–Crippen LogP) is 6.80. The van der Waals surface area contributed by atoms with E-state index in [0.29, 0.717) is 49.3 Å². The molecule has 0 saturated carbocycles. The second kappa shape index (κ2) is 13.8. The number of benzene rings is 2. The van der Waals surface area contributed by atoms with Crippen molar-refractivity contribution in [1.29, 1.82) is 0 Å². The van der Waals surface area contributed by atoms with Crippen LogP contribution in [-0.4, -0.2) is 46.0 Å². The topological polar surface area (TPSA) is 58.4 Å². The van der Waals surface area contributed by atoms with Crippen LogP contribution in [0, 0.1) is 18.7 Å². The Balaban J connectivity index is 1.17. The van der Waals surface area contributed by atoms with Crippen molar-refractivity contribution in [2.24, 2.45) is 13.0 Å². The van der Waals surface area contributed by atoms with E-state index >= 15 is 4.39 Å². The number of nitrogens with zero attached hydrogens (tertiary/aromatic N) is 4. The summed E-state index contributed by atoms with van der Waals surface area (Å²) >= 11 is 0. The van der Waals surface area contributed by atoms with Gasteiger partial charge in [0.1, 0.15) is 11.6 Å². The van der Waals surface area contributed by atoms with Crippen molar-refractivity contribution in [3.63, 3.8) is 0 Å². The van der Waals surface area contributed by atoms with Crippen molar-refractivity contribution in [3.05, 3.63) is 81.9 Å². The normalized spacial score (nSPS) is 15.8. The van der Waals surface area contributed by atoms with Crippen LogP contribution in [0.1, 0.15) is 96.6 Å². The third kappa shape index (κ3) is 7.17. The largest absolute Gasteiger partial charge is 0.304 e. The molecule has 0 bridgehead atoms. The van der Waals surface area contributed by atoms with E-state index in [0.717, 1.165) is 54.0 Å². The summed E-state index contributed by atoms with van der Waals surface area (Å²) in [5, 5.41) is 4.41. The fraction of sp³-hybridized carbons (Fsp3) is 0.514. The smallest absolute Gasteiger partial charge is 0.258 e. The van der Waals surface area contributed by atoms with Gasteiger partial charge in [-0.25, -0.2) is 4.39 Å². The van der Waals surface area contributed by atoms with Gasteiger partial charge in [0, 0.05) is 48.8 Å². The molecule has 0 radical (unpaired) electrons. The van der Waals surface area contributed by atoms with Gasteiger partial charge in [-0.2, -0.15) is 5.10 Å². The molecular formula is C35H45FN4O2. The maximum Gasteiger partial charge on any atom is 0.258 e. The molecule has 0 spiro atoms. The van der Waals surface area contributed by atoms with Crippen molar-refractivity contribution in [1.82, 2.24) is 14.7 Å². The zero-order valence-corrected chi connectivity index (χ0v) is 25.5. The van der Waals surface area contributed by atoms with E-state index in [1.807, 2.05) is 37.0 Å². The van der Waals surface area contributed by atoms with Crippen molar-refractivity contribution in [2.45, 2.75) is 84.6 Å². The van der Waals surface area contributed by atoms with Gasteiger partial charge in [-0.15, -0.1) is 0 Å². The van der Waals surface area contributed by atoms with Gasteiger partial charge in [-0.1, -0.05) is 49.9 Å². The van der Waals surface area contributed by atoms with E-state index in [9.17, 15) is 9.59 Å². The average Bonchev–Trinajstić information content (AvgIpc) is 3.23. The predicted molar refractivity (Wildman–Crippen MR) is 165 cm³/mol. The zero-order chi connectivity index (χ0) is 29.6. The molecule has 42 heavy (non-hydrogen) atoms. The number of likely N-dealkylation sites (tertiary alicyclic amines) is 1. The number of Topliss-reactive ketones (excluding diaryl/α,β-unsaturated/α-hetero) is 1. The van der Waals surface area contributed by atoms with Gasteiger partial charge in [0.25, 0.3) is 5.91 Å². The first-order valence-electron chi connectivity index (χ1n) is 15.8. The molecule has 7 heteroatoms. The van der Waals surface area contributed by atoms with Crippen molar-refractivity contribution < 1.29 is 14.0 Å². The van der Waals surface area contributed by atoms with Gasteiger partial charge in [0.2, 0.25) is 0 Å². The fourth-order valence-electron chi connectivity index (χ4n) is 6.52. The van der Waals surface area contributed by atoms with Crippen LogP contribution in [-0.2, 0) is 31.2 Å². The molecule has 0 aliphatic carbocycles. The number of unbranched alkanes of at least 4 members (excludes halogenated alkanes) is 3. The molecule has 1 saturated heterocycles. The first-order valence-corrected chi connectivity index (χ1v) is 15.8. The number of anilines is 1. The van der Waals surface area contributed by atoms with Crippen LogP contribution in [0.25, 0.3) is 0 Å². The Hall–Kier alpha value is -3.32. The summed E-state index contributed by atoms with van der Waals surface area (Å²) < 4.78 is 17.1. The van der Waals surface area contributed by atoms with E-state index in [-0.39, 0.29) is 11.7 Å². The van der Waals surface area contributed by atoms with Crippen LogP contribution in [0.4, 0.5) is 10.1 Å². The molecule has 3 aromatic rings. The minimum atomic E-state index is -0.425. The number of carbonyl (C=O) groups is 2. The van der Waals surface area contributed by atoms with Crippen LogP contribution < -0.4 is 4.90 Å². The summed E-state index contributed by atoms with van der Waals surface area (Å²) in [5.74, 6) is -0.0179. The highest BCUT2D eigenvalue weighted by atomic mass is 19.1. The first kappa shape index (κ1) is 30.1. The van der Waals surface area contributed by atoms with Crippen molar-refractivity contribution in [3.8, 4) is 0 Å². The first-order chi connectivity index (χ1) is 20.3. The summed E-state index contributed by atoms with van der Waals surface area (Å²) in [7, 11) is 1.92. The van der Waals surface area contributed by atoms with E-state index in [1.165, 1.54) is 38.3 Å². The molecule has 2 aliphatic heterocycles. The Kier molecular flexibility index (Phi) is 9.88. The lowest BCUT2D eigenvalue weighted by atomic mass is 9.90. The lowest BCUT2D eigenvalue weighted by Gasteiger charge is -2.31. The van der Waals surface area contributed by atoms with E-state index in [2.05, 4.69) is 23.0 Å². The molecule has 224 valence electrons. The van der Waals surface area contributed by atoms with E-state index < -0.39 is 5.82 Å². The van der Waals surface area contributed by atoms with Crippen LogP contribution in [0.2, 0.25) is 0 Å². The molecule has 1 aromatic heterocycles. The number of aromatic nitrogens is 2. The lowest BCUT2D eigenvalue weighted by Crippen LogP contribution is -2.35. The van der Waals surface area contributed by atoms with E-state index in [4.69, 9.17) is 0 Å². The summed E-state index contributed by atoms with van der Waals surface area (Å²) in [5.41, 5.74) is 5.90. The molecule has 1 amide bonds. The maximum atomic E-state index is 15.3. The number of aryl methyl sites for hydroxylation is 3. The SMILES string of the molecule is CCCCCCN1CCC(CC(=O)CCc2ccc(C(=O)N3Cc4cnn(C)c4Cc4cc(C)ccc43)cc2F)CC1. The number of rotatable bonds is 11. The van der Waals surface area contributed by atoms with Crippen LogP contribution >= 0.6 is 0 Å². The van der Waals surface area contributed by atoms with Gasteiger partial charge >= 0.3 is 0 Å². The zero-order valence-electron chi connectivity index (χ0n) is 25.5. The summed E-state index contributed by atoms with van der Waals surface area (Å²) in [6.45, 7) is 8.00. The fourth-order valence-corrected chi connectivity index (χ4v) is 6.52. The van der Waals surface area contributed by atoms with Crippen molar-refractivity contribution in [2.75, 3.05) is 24.5 Å². The summed E-state index contributed by atoms with van der Waals surface area (Å²) in [4.78, 5) is 30.8. The number of halogens is 1. The minimum absolute atomic E-state index is 0.208. The number of amides is 1. The van der Waals surface area contributed by atoms with Crippen LogP contribution in [0.15, 0.2) is 42.6 Å². The molecule has 6 nitrogen and oxygen atoms in total. The molecule has 2 aliphatic rings. The standard InChI is InChI=1S/C35H45FN4O2/c1-4-5-6-7-16-39-17-14-26(15-18-39)20-31(41)12-11-27-9-10-28(21-32(27)36)35(42)40-24-30-23-37-38(3)34(30)22-29-19-25(2)8-13-33(29)40/h8-10,13,19,21,23,26H,4-7,11-12,14-18,20,22,24H2,1-3H3. The highest BCUT2D eigenvalue weighted by molar-refractivity contribution is 6.06. The average molecular weight is 573 g/mol. The van der Waals surface area contributed by atoms with Gasteiger partial charge < -0.3 is 9.80 Å². The number of hydrogen-bond donors (Lipinski definition) is 0. The number of ketones is 1. The van der Waals surface area contributed by atoms with Crippen molar-refractivity contribution >= 4 is 17.4 Å². The number of carbonyl (C=O) groups excluding carboxylic acids is 2. The van der Waals surface area contributed by atoms with Crippen LogP contribution in [0.3, 0.4) is 0 Å². The maximum absolute atomic E-state index is 15.3. The quantitative estimate of drug-likeness (QED) is 0.237. The third-order valence-electron chi connectivity index (χ3n) is 9.13. The van der Waals surface area contributed by atoms with Gasteiger partial charge in [0.15, 0.2) is 0 Å². The van der Waals surface area contributed by atoms with E-state index in [1.54, 1.807) is 17.0 Å². The number of piperidine rings is 1. The summed E-state index contributed by atoms with van der Waals surface area (Å²) in [6, 6.07) is 10.8. The number of fused-ring (bicyclic) bond motifs is 2. The minimum Gasteiger partial charge on any atom is -0.304 e.